The van der Waals surface area contributed by atoms with Gasteiger partial charge in [0.05, 0.1) is 12.8 Å². The minimum Gasteiger partial charge on any atom is -0.496 e. The molecular formula is C14H15ClN2O. The summed E-state index contributed by atoms with van der Waals surface area (Å²) in [6.45, 7) is 4.00. The number of hydrogen-bond donors (Lipinski definition) is 0. The Bertz CT molecular complexity index is 549. The van der Waals surface area contributed by atoms with Crippen LogP contribution in [0.2, 0.25) is 5.28 Å². The third-order valence-corrected chi connectivity index (χ3v) is 2.95. The summed E-state index contributed by atoms with van der Waals surface area (Å²) in [5, 5.41) is 0.277. The summed E-state index contributed by atoms with van der Waals surface area (Å²) in [5.74, 6) is 0.901. The number of halogens is 1. The average molecular weight is 263 g/mol. The molecule has 4 heteroatoms. The van der Waals surface area contributed by atoms with Crippen molar-refractivity contribution in [2.24, 2.45) is 0 Å². The highest BCUT2D eigenvalue weighted by Gasteiger charge is 2.07. The zero-order chi connectivity index (χ0) is 13.1. The Kier molecular flexibility index (Phi) is 3.82. The average Bonchev–Trinajstić information content (AvgIpc) is 2.36. The predicted octanol–water partition coefficient (Wildman–Crippen LogP) is 3.68. The summed E-state index contributed by atoms with van der Waals surface area (Å²) in [5.41, 5.74) is 3.88. The maximum Gasteiger partial charge on any atom is 0.223 e. The zero-order valence-electron chi connectivity index (χ0n) is 10.7. The summed E-state index contributed by atoms with van der Waals surface area (Å²) < 4.78 is 5.32. The molecule has 0 saturated heterocycles. The molecule has 0 aliphatic rings. The highest BCUT2D eigenvalue weighted by atomic mass is 35.5. The summed E-state index contributed by atoms with van der Waals surface area (Å²) >= 11 is 5.89. The van der Waals surface area contributed by atoms with Crippen LogP contribution in [-0.4, -0.2) is 17.1 Å². The lowest BCUT2D eigenvalue weighted by Crippen LogP contribution is -1.94. The quantitative estimate of drug-likeness (QED) is 0.792. The van der Waals surface area contributed by atoms with Gasteiger partial charge in [-0.2, -0.15) is 0 Å². The van der Waals surface area contributed by atoms with Crippen molar-refractivity contribution < 1.29 is 4.74 Å². The molecule has 0 atom stereocenters. The topological polar surface area (TPSA) is 35.0 Å². The molecule has 0 unspecified atom stereocenters. The van der Waals surface area contributed by atoms with Gasteiger partial charge in [-0.05, 0) is 54.8 Å². The molecule has 0 aliphatic heterocycles. The fourth-order valence-electron chi connectivity index (χ4n) is 1.89. The van der Waals surface area contributed by atoms with E-state index in [1.54, 1.807) is 7.11 Å². The summed E-state index contributed by atoms with van der Waals surface area (Å²) in [6, 6.07) is 7.94. The van der Waals surface area contributed by atoms with E-state index in [1.165, 1.54) is 0 Å². The molecule has 94 valence electrons. The Hall–Kier alpha value is -1.61. The SMILES string of the molecule is CCc1cc(-c2cc(C)nc(Cl)n2)ccc1OC. The normalized spacial score (nSPS) is 10.4. The fourth-order valence-corrected chi connectivity index (χ4v) is 2.12. The lowest BCUT2D eigenvalue weighted by atomic mass is 10.0. The molecule has 1 aromatic heterocycles. The van der Waals surface area contributed by atoms with Crippen LogP contribution in [0.4, 0.5) is 0 Å². The largest absolute Gasteiger partial charge is 0.496 e. The molecule has 0 spiro atoms. The van der Waals surface area contributed by atoms with Crippen LogP contribution in [0.1, 0.15) is 18.2 Å². The third-order valence-electron chi connectivity index (χ3n) is 2.78. The number of ether oxygens (including phenoxy) is 1. The standard InChI is InChI=1S/C14H15ClN2O/c1-4-10-8-11(5-6-13(10)18-3)12-7-9(2)16-14(15)17-12/h5-8H,4H2,1-3H3. The highest BCUT2D eigenvalue weighted by molar-refractivity contribution is 6.28. The van der Waals surface area contributed by atoms with Crippen LogP contribution < -0.4 is 4.74 Å². The lowest BCUT2D eigenvalue weighted by Gasteiger charge is -2.09. The Balaban J connectivity index is 2.50. The van der Waals surface area contributed by atoms with Crippen molar-refractivity contribution in [3.8, 4) is 17.0 Å². The molecule has 18 heavy (non-hydrogen) atoms. The summed E-state index contributed by atoms with van der Waals surface area (Å²) in [6.07, 6.45) is 0.912. The first-order valence-corrected chi connectivity index (χ1v) is 6.20. The van der Waals surface area contributed by atoms with Crippen LogP contribution in [0.3, 0.4) is 0 Å². The molecule has 0 radical (unpaired) electrons. The van der Waals surface area contributed by atoms with E-state index in [0.717, 1.165) is 34.7 Å². The van der Waals surface area contributed by atoms with Gasteiger partial charge in [0.1, 0.15) is 5.75 Å². The monoisotopic (exact) mass is 262 g/mol. The van der Waals surface area contributed by atoms with Crippen LogP contribution >= 0.6 is 11.6 Å². The molecule has 2 aromatic rings. The van der Waals surface area contributed by atoms with Crippen molar-refractivity contribution in [1.82, 2.24) is 9.97 Å². The van der Waals surface area contributed by atoms with Gasteiger partial charge in [0.15, 0.2) is 0 Å². The molecule has 0 amide bonds. The van der Waals surface area contributed by atoms with Gasteiger partial charge in [0.2, 0.25) is 5.28 Å². The number of aryl methyl sites for hydroxylation is 2. The maximum atomic E-state index is 5.89. The van der Waals surface area contributed by atoms with E-state index >= 15 is 0 Å². The van der Waals surface area contributed by atoms with Gasteiger partial charge in [-0.25, -0.2) is 9.97 Å². The fraction of sp³-hybridized carbons (Fsp3) is 0.286. The maximum absolute atomic E-state index is 5.89. The molecule has 0 N–H and O–H groups in total. The second kappa shape index (κ2) is 5.36. The highest BCUT2D eigenvalue weighted by Crippen LogP contribution is 2.26. The van der Waals surface area contributed by atoms with Crippen molar-refractivity contribution in [2.75, 3.05) is 7.11 Å². The van der Waals surface area contributed by atoms with Gasteiger partial charge in [-0.15, -0.1) is 0 Å². The van der Waals surface area contributed by atoms with E-state index in [1.807, 2.05) is 25.1 Å². The second-order valence-electron chi connectivity index (χ2n) is 4.04. The van der Waals surface area contributed by atoms with Gasteiger partial charge in [-0.1, -0.05) is 6.92 Å². The molecule has 0 bridgehead atoms. The molecule has 0 aliphatic carbocycles. The van der Waals surface area contributed by atoms with Gasteiger partial charge in [0.25, 0.3) is 0 Å². The molecule has 1 heterocycles. The first-order valence-electron chi connectivity index (χ1n) is 5.82. The van der Waals surface area contributed by atoms with E-state index in [4.69, 9.17) is 16.3 Å². The molecule has 0 fully saturated rings. The van der Waals surface area contributed by atoms with E-state index in [0.29, 0.717) is 0 Å². The third kappa shape index (κ3) is 2.62. The smallest absolute Gasteiger partial charge is 0.223 e. The van der Waals surface area contributed by atoms with Crippen molar-refractivity contribution in [3.05, 3.63) is 40.8 Å². The van der Waals surface area contributed by atoms with E-state index in [-0.39, 0.29) is 5.28 Å². The minimum atomic E-state index is 0.277. The summed E-state index contributed by atoms with van der Waals surface area (Å²) in [7, 11) is 1.68. The van der Waals surface area contributed by atoms with Gasteiger partial charge >= 0.3 is 0 Å². The van der Waals surface area contributed by atoms with E-state index in [2.05, 4.69) is 23.0 Å². The first-order chi connectivity index (χ1) is 8.63. The number of hydrogen-bond acceptors (Lipinski definition) is 3. The van der Waals surface area contributed by atoms with Gasteiger partial charge in [0, 0.05) is 11.3 Å². The first kappa shape index (κ1) is 12.8. The van der Waals surface area contributed by atoms with Crippen LogP contribution in [0.15, 0.2) is 24.3 Å². The second-order valence-corrected chi connectivity index (χ2v) is 4.38. The Morgan fingerprint density at radius 1 is 1.22 bits per heavy atom. The number of rotatable bonds is 3. The van der Waals surface area contributed by atoms with Crippen LogP contribution in [0.5, 0.6) is 5.75 Å². The zero-order valence-corrected chi connectivity index (χ0v) is 11.5. The van der Waals surface area contributed by atoms with Crippen LogP contribution in [0.25, 0.3) is 11.3 Å². The van der Waals surface area contributed by atoms with E-state index < -0.39 is 0 Å². The number of methoxy groups -OCH3 is 1. The van der Waals surface area contributed by atoms with Crippen molar-refractivity contribution in [1.29, 1.82) is 0 Å². The van der Waals surface area contributed by atoms with Crippen molar-refractivity contribution in [2.45, 2.75) is 20.3 Å². The Morgan fingerprint density at radius 2 is 2.00 bits per heavy atom. The molecule has 3 nitrogen and oxygen atoms in total. The van der Waals surface area contributed by atoms with Crippen LogP contribution in [0, 0.1) is 6.92 Å². The number of benzene rings is 1. The Morgan fingerprint density at radius 3 is 2.61 bits per heavy atom. The Labute approximate surface area is 112 Å². The predicted molar refractivity (Wildman–Crippen MR) is 73.1 cm³/mol. The summed E-state index contributed by atoms with van der Waals surface area (Å²) in [4.78, 5) is 8.31. The van der Waals surface area contributed by atoms with Crippen LogP contribution in [-0.2, 0) is 6.42 Å². The number of aromatic nitrogens is 2. The van der Waals surface area contributed by atoms with Gasteiger partial charge < -0.3 is 4.74 Å². The lowest BCUT2D eigenvalue weighted by molar-refractivity contribution is 0.410. The van der Waals surface area contributed by atoms with Crippen molar-refractivity contribution in [3.63, 3.8) is 0 Å². The van der Waals surface area contributed by atoms with Crippen molar-refractivity contribution >= 4 is 11.6 Å². The van der Waals surface area contributed by atoms with E-state index in [9.17, 15) is 0 Å². The number of nitrogens with zero attached hydrogens (tertiary/aromatic N) is 2. The molecule has 2 rings (SSSR count). The minimum absolute atomic E-state index is 0.277. The molecule has 0 saturated carbocycles. The van der Waals surface area contributed by atoms with Gasteiger partial charge in [-0.3, -0.25) is 0 Å². The molecular weight excluding hydrogens is 248 g/mol. The molecule has 1 aromatic carbocycles.